The van der Waals surface area contributed by atoms with E-state index >= 15 is 0 Å². The van der Waals surface area contributed by atoms with Crippen molar-refractivity contribution >= 4 is 22.2 Å². The van der Waals surface area contributed by atoms with Crippen LogP contribution in [0.2, 0.25) is 0 Å². The highest BCUT2D eigenvalue weighted by Gasteiger charge is 2.23. The Bertz CT molecular complexity index is 1840. The molecule has 6 aromatic rings. The fourth-order valence-electron chi connectivity index (χ4n) is 5.64. The van der Waals surface area contributed by atoms with Gasteiger partial charge in [-0.3, -0.25) is 14.7 Å². The molecule has 6 nitrogen and oxygen atoms in total. The standard InChI is InChI=1S/C34H29N5OS/c40-33-28-20-27(24-6-2-1-3-7-24)32(37-29(28)13-17-36-33)25-11-9-23(10-12-25)21-39-18-14-26(15-19-39)34-38-31(22-41-34)30-8-4-5-16-35-30/h1-13,16-17,20,22,26H,14-15,18-19,21H2,(H,36,40). The van der Waals surface area contributed by atoms with Crippen molar-refractivity contribution in [2.75, 3.05) is 13.1 Å². The fraction of sp³-hybridized carbons (Fsp3) is 0.176. The summed E-state index contributed by atoms with van der Waals surface area (Å²) in [6, 6.07) is 28.7. The third-order valence-corrected chi connectivity index (χ3v) is 8.86. The molecule has 2 aromatic carbocycles. The van der Waals surface area contributed by atoms with Gasteiger partial charge in [-0.2, -0.15) is 0 Å². The van der Waals surface area contributed by atoms with Crippen LogP contribution in [-0.2, 0) is 6.54 Å². The van der Waals surface area contributed by atoms with Crippen LogP contribution in [0, 0.1) is 0 Å². The Morgan fingerprint density at radius 2 is 1.66 bits per heavy atom. The van der Waals surface area contributed by atoms with Crippen LogP contribution in [0.4, 0.5) is 0 Å². The normalized spacial score (nSPS) is 14.4. The molecule has 1 aliphatic rings. The van der Waals surface area contributed by atoms with Gasteiger partial charge in [0, 0.05) is 41.4 Å². The van der Waals surface area contributed by atoms with Gasteiger partial charge in [-0.1, -0.05) is 60.7 Å². The van der Waals surface area contributed by atoms with Gasteiger partial charge in [0.2, 0.25) is 0 Å². The lowest BCUT2D eigenvalue weighted by atomic mass is 9.96. The van der Waals surface area contributed by atoms with E-state index in [1.807, 2.05) is 54.7 Å². The Kier molecular flexibility index (Phi) is 6.96. The molecule has 0 atom stereocenters. The Labute approximate surface area is 242 Å². The molecule has 7 heteroatoms. The van der Waals surface area contributed by atoms with Gasteiger partial charge >= 0.3 is 0 Å². The molecule has 0 radical (unpaired) electrons. The molecule has 41 heavy (non-hydrogen) atoms. The first-order chi connectivity index (χ1) is 20.2. The molecule has 7 rings (SSSR count). The van der Waals surface area contributed by atoms with Gasteiger partial charge in [-0.25, -0.2) is 9.97 Å². The molecule has 1 aliphatic heterocycles. The molecular formula is C34H29N5OS. The number of H-pyrrole nitrogens is 1. The molecule has 4 aromatic heterocycles. The maximum absolute atomic E-state index is 12.5. The summed E-state index contributed by atoms with van der Waals surface area (Å²) in [5.41, 5.74) is 7.71. The first-order valence-electron chi connectivity index (χ1n) is 14.0. The Balaban J connectivity index is 1.06. The number of rotatable bonds is 6. The predicted molar refractivity (Wildman–Crippen MR) is 166 cm³/mol. The van der Waals surface area contributed by atoms with Gasteiger partial charge in [0.05, 0.1) is 33.0 Å². The maximum Gasteiger partial charge on any atom is 0.257 e. The highest BCUT2D eigenvalue weighted by Crippen LogP contribution is 2.34. The number of pyridine rings is 3. The second-order valence-corrected chi connectivity index (χ2v) is 11.4. The number of hydrogen-bond donors (Lipinski definition) is 1. The highest BCUT2D eigenvalue weighted by molar-refractivity contribution is 7.10. The summed E-state index contributed by atoms with van der Waals surface area (Å²) in [6.45, 7) is 3.05. The average Bonchev–Trinajstić information content (AvgIpc) is 3.53. The Morgan fingerprint density at radius 3 is 2.44 bits per heavy atom. The number of likely N-dealkylation sites (tertiary alicyclic amines) is 1. The molecule has 1 saturated heterocycles. The molecular weight excluding hydrogens is 526 g/mol. The van der Waals surface area contributed by atoms with Crippen molar-refractivity contribution in [3.05, 3.63) is 124 Å². The summed E-state index contributed by atoms with van der Waals surface area (Å²) < 4.78 is 0. The second kappa shape index (κ2) is 11.2. The molecule has 5 heterocycles. The summed E-state index contributed by atoms with van der Waals surface area (Å²) in [7, 11) is 0. The number of hydrogen-bond acceptors (Lipinski definition) is 6. The van der Waals surface area contributed by atoms with Crippen LogP contribution in [0.5, 0.6) is 0 Å². The zero-order chi connectivity index (χ0) is 27.6. The molecule has 1 fully saturated rings. The van der Waals surface area contributed by atoms with Gasteiger partial charge in [-0.05, 0) is 61.3 Å². The van der Waals surface area contributed by atoms with E-state index in [-0.39, 0.29) is 5.56 Å². The second-order valence-electron chi connectivity index (χ2n) is 10.5. The van der Waals surface area contributed by atoms with E-state index in [2.05, 4.69) is 56.6 Å². The van der Waals surface area contributed by atoms with Crippen molar-refractivity contribution in [1.82, 2.24) is 24.8 Å². The van der Waals surface area contributed by atoms with Gasteiger partial charge in [-0.15, -0.1) is 11.3 Å². The van der Waals surface area contributed by atoms with Crippen LogP contribution >= 0.6 is 11.3 Å². The zero-order valence-corrected chi connectivity index (χ0v) is 23.3. The van der Waals surface area contributed by atoms with E-state index < -0.39 is 0 Å². The van der Waals surface area contributed by atoms with Gasteiger partial charge < -0.3 is 4.98 Å². The van der Waals surface area contributed by atoms with Crippen molar-refractivity contribution < 1.29 is 0 Å². The van der Waals surface area contributed by atoms with E-state index in [0.29, 0.717) is 16.8 Å². The summed E-state index contributed by atoms with van der Waals surface area (Å²) in [5.74, 6) is 0.513. The van der Waals surface area contributed by atoms with Gasteiger partial charge in [0.25, 0.3) is 5.56 Å². The monoisotopic (exact) mass is 555 g/mol. The van der Waals surface area contributed by atoms with Crippen LogP contribution in [-0.4, -0.2) is 37.9 Å². The van der Waals surface area contributed by atoms with E-state index in [1.165, 1.54) is 10.6 Å². The van der Waals surface area contributed by atoms with Crippen LogP contribution < -0.4 is 5.56 Å². The van der Waals surface area contributed by atoms with Crippen LogP contribution in [0.1, 0.15) is 29.3 Å². The van der Waals surface area contributed by atoms with Gasteiger partial charge in [0.15, 0.2) is 0 Å². The van der Waals surface area contributed by atoms with Crippen LogP contribution in [0.25, 0.3) is 44.7 Å². The summed E-state index contributed by atoms with van der Waals surface area (Å²) in [6.07, 6.45) is 5.72. The smallest absolute Gasteiger partial charge is 0.257 e. The largest absolute Gasteiger partial charge is 0.328 e. The van der Waals surface area contributed by atoms with Crippen LogP contribution in [0.15, 0.2) is 107 Å². The molecule has 1 N–H and O–H groups in total. The molecule has 0 amide bonds. The quantitative estimate of drug-likeness (QED) is 0.236. The summed E-state index contributed by atoms with van der Waals surface area (Å²) >= 11 is 1.76. The van der Waals surface area contributed by atoms with E-state index in [0.717, 1.165) is 66.2 Å². The topological polar surface area (TPSA) is 74.8 Å². The first-order valence-corrected chi connectivity index (χ1v) is 14.9. The molecule has 202 valence electrons. The number of aromatic nitrogens is 4. The van der Waals surface area contributed by atoms with E-state index in [1.54, 1.807) is 17.5 Å². The van der Waals surface area contributed by atoms with E-state index in [4.69, 9.17) is 9.97 Å². The summed E-state index contributed by atoms with van der Waals surface area (Å²) in [4.78, 5) is 32.1. The number of nitrogens with one attached hydrogen (secondary N) is 1. The number of fused-ring (bicyclic) bond motifs is 1. The van der Waals surface area contributed by atoms with Crippen LogP contribution in [0.3, 0.4) is 0 Å². The first kappa shape index (κ1) is 25.5. The zero-order valence-electron chi connectivity index (χ0n) is 22.5. The fourth-order valence-corrected chi connectivity index (χ4v) is 6.62. The lowest BCUT2D eigenvalue weighted by molar-refractivity contribution is 0.204. The Morgan fingerprint density at radius 1 is 0.854 bits per heavy atom. The third kappa shape index (κ3) is 5.34. The summed E-state index contributed by atoms with van der Waals surface area (Å²) in [5, 5.41) is 3.96. The highest BCUT2D eigenvalue weighted by atomic mass is 32.1. The van der Waals surface area contributed by atoms with Crippen molar-refractivity contribution in [1.29, 1.82) is 0 Å². The lowest BCUT2D eigenvalue weighted by Gasteiger charge is -2.31. The van der Waals surface area contributed by atoms with Gasteiger partial charge in [0.1, 0.15) is 0 Å². The van der Waals surface area contributed by atoms with Crippen molar-refractivity contribution in [3.63, 3.8) is 0 Å². The molecule has 0 saturated carbocycles. The SMILES string of the molecule is O=c1[nH]ccc2nc(-c3ccc(CN4CCC(c5nc(-c6ccccn6)cs5)CC4)cc3)c(-c3ccccc3)cc12. The molecule has 0 unspecified atom stereocenters. The molecule has 0 spiro atoms. The van der Waals surface area contributed by atoms with E-state index in [9.17, 15) is 4.79 Å². The van der Waals surface area contributed by atoms with Crippen molar-refractivity contribution in [2.45, 2.75) is 25.3 Å². The maximum atomic E-state index is 12.5. The van der Waals surface area contributed by atoms with Crippen molar-refractivity contribution in [3.8, 4) is 33.8 Å². The average molecular weight is 556 g/mol. The lowest BCUT2D eigenvalue weighted by Crippen LogP contribution is -2.32. The third-order valence-electron chi connectivity index (χ3n) is 7.86. The predicted octanol–water partition coefficient (Wildman–Crippen LogP) is 7.16. The minimum Gasteiger partial charge on any atom is -0.328 e. The van der Waals surface area contributed by atoms with Crippen molar-refractivity contribution in [2.24, 2.45) is 0 Å². The molecule has 0 bridgehead atoms. The number of aromatic amines is 1. The minimum absolute atomic E-state index is 0.124. The number of benzene rings is 2. The Hall–Kier alpha value is -4.46. The number of nitrogens with zero attached hydrogens (tertiary/aromatic N) is 4. The number of piperidine rings is 1. The number of thiazole rings is 1. The minimum atomic E-state index is -0.124. The molecule has 0 aliphatic carbocycles.